The third-order valence-corrected chi connectivity index (χ3v) is 2.52. The van der Waals surface area contributed by atoms with Crippen molar-refractivity contribution in [2.75, 3.05) is 7.11 Å². The monoisotopic (exact) mass is 279 g/mol. The highest BCUT2D eigenvalue weighted by Crippen LogP contribution is 2.29. The number of nitro benzene ring substituents is 1. The number of carbonyl (C=O) groups is 1. The first-order chi connectivity index (χ1) is 9.43. The van der Waals surface area contributed by atoms with E-state index in [9.17, 15) is 20.0 Å². The molecule has 0 unspecified atom stereocenters. The maximum absolute atomic E-state index is 10.8. The lowest BCUT2D eigenvalue weighted by Crippen LogP contribution is -2.03. The predicted octanol–water partition coefficient (Wildman–Crippen LogP) is 1.19. The fourth-order valence-corrected chi connectivity index (χ4v) is 1.61. The number of carboxylic acids is 1. The van der Waals surface area contributed by atoms with E-state index in [1.165, 1.54) is 19.2 Å². The summed E-state index contributed by atoms with van der Waals surface area (Å²) in [7, 11) is 1.35. The maximum atomic E-state index is 10.8. The molecule has 0 aliphatic carbocycles. The summed E-state index contributed by atoms with van der Waals surface area (Å²) in [5.74, 6) is -1.72. The average molecular weight is 279 g/mol. The molecule has 2 N–H and O–H groups in total. The van der Waals surface area contributed by atoms with Gasteiger partial charge in [-0.3, -0.25) is 10.1 Å². The van der Waals surface area contributed by atoms with E-state index in [0.29, 0.717) is 0 Å². The maximum Gasteiger partial charge on any atom is 0.360 e. The number of nitrogens with zero attached hydrogens (tertiary/aromatic N) is 3. The zero-order chi connectivity index (χ0) is 14.9. The van der Waals surface area contributed by atoms with Gasteiger partial charge in [-0.15, -0.1) is 0 Å². The summed E-state index contributed by atoms with van der Waals surface area (Å²) >= 11 is 0. The molecular weight excluding hydrogens is 270 g/mol. The third-order valence-electron chi connectivity index (χ3n) is 2.52. The molecule has 0 aliphatic heterocycles. The van der Waals surface area contributed by atoms with Gasteiger partial charge in [0.1, 0.15) is 11.4 Å². The summed E-state index contributed by atoms with van der Waals surface area (Å²) in [6, 6.07) is 3.76. The number of ether oxygens (including phenoxy) is 1. The minimum atomic E-state index is -1.41. The highest BCUT2D eigenvalue weighted by atomic mass is 16.6. The smallest absolute Gasteiger partial charge is 0.360 e. The molecule has 0 atom stereocenters. The molecule has 0 fully saturated rings. The molecule has 1 aromatic heterocycles. The number of hydrogen-bond donors (Lipinski definition) is 2. The summed E-state index contributed by atoms with van der Waals surface area (Å²) in [6.45, 7) is 0. The zero-order valence-electron chi connectivity index (χ0n) is 10.2. The Morgan fingerprint density at radius 2 is 2.20 bits per heavy atom. The molecule has 0 radical (unpaired) electrons. The normalized spacial score (nSPS) is 10.2. The molecular formula is C11H9N3O6. The van der Waals surface area contributed by atoms with Gasteiger partial charge in [-0.1, -0.05) is 0 Å². The number of aromatic nitrogens is 2. The van der Waals surface area contributed by atoms with E-state index >= 15 is 0 Å². The van der Waals surface area contributed by atoms with E-state index in [0.717, 1.165) is 16.9 Å². The fourth-order valence-electron chi connectivity index (χ4n) is 1.61. The quantitative estimate of drug-likeness (QED) is 0.635. The Kier molecular flexibility index (Phi) is 3.25. The first kappa shape index (κ1) is 13.3. The second-order valence-corrected chi connectivity index (χ2v) is 3.73. The molecule has 0 saturated heterocycles. The van der Waals surface area contributed by atoms with Crippen molar-refractivity contribution in [1.82, 2.24) is 9.78 Å². The molecule has 0 saturated carbocycles. The van der Waals surface area contributed by atoms with E-state index in [4.69, 9.17) is 9.84 Å². The van der Waals surface area contributed by atoms with Gasteiger partial charge >= 0.3 is 5.97 Å². The molecule has 0 aliphatic rings. The largest absolute Gasteiger partial charge is 0.504 e. The van der Waals surface area contributed by atoms with Crippen LogP contribution in [-0.2, 0) is 0 Å². The summed E-state index contributed by atoms with van der Waals surface area (Å²) in [6.07, 6.45) is 1.03. The Balaban J connectivity index is 2.61. The topological polar surface area (TPSA) is 128 Å². The Bertz CT molecular complexity index is 693. The molecule has 0 bridgehead atoms. The second-order valence-electron chi connectivity index (χ2n) is 3.73. The standard InChI is InChI=1S/C11H9N3O6/c1-20-9-3-2-6(14(18)19)4-7(9)13-5-8(15)10(12-13)11(16)17/h2-5,15H,1H3,(H,16,17). The molecule has 0 spiro atoms. The van der Waals surface area contributed by atoms with E-state index in [2.05, 4.69) is 5.10 Å². The zero-order valence-corrected chi connectivity index (χ0v) is 10.2. The number of nitro groups is 1. The van der Waals surface area contributed by atoms with Gasteiger partial charge in [-0.25, -0.2) is 9.48 Å². The van der Waals surface area contributed by atoms with Gasteiger partial charge in [-0.2, -0.15) is 5.10 Å². The number of aromatic hydroxyl groups is 1. The van der Waals surface area contributed by atoms with Gasteiger partial charge in [0.25, 0.3) is 5.69 Å². The molecule has 9 heteroatoms. The van der Waals surface area contributed by atoms with Gasteiger partial charge in [-0.05, 0) is 6.07 Å². The van der Waals surface area contributed by atoms with Crippen molar-refractivity contribution in [3.05, 3.63) is 40.2 Å². The third kappa shape index (κ3) is 2.23. The number of benzene rings is 1. The van der Waals surface area contributed by atoms with E-state index in [1.54, 1.807) is 0 Å². The molecule has 2 rings (SSSR count). The van der Waals surface area contributed by atoms with Crippen molar-refractivity contribution < 1.29 is 24.7 Å². The van der Waals surface area contributed by atoms with Crippen LogP contribution in [0.2, 0.25) is 0 Å². The number of hydrogen-bond acceptors (Lipinski definition) is 6. The lowest BCUT2D eigenvalue weighted by atomic mass is 10.2. The van der Waals surface area contributed by atoms with Gasteiger partial charge in [0.2, 0.25) is 5.69 Å². The minimum absolute atomic E-state index is 0.143. The Labute approximate surface area is 111 Å². The molecule has 20 heavy (non-hydrogen) atoms. The van der Waals surface area contributed by atoms with Gasteiger partial charge < -0.3 is 14.9 Å². The lowest BCUT2D eigenvalue weighted by molar-refractivity contribution is -0.384. The number of aromatic carboxylic acids is 1. The van der Waals surface area contributed by atoms with E-state index < -0.39 is 22.3 Å². The van der Waals surface area contributed by atoms with Gasteiger partial charge in [0, 0.05) is 12.1 Å². The summed E-state index contributed by atoms with van der Waals surface area (Å²) < 4.78 is 6.04. The van der Waals surface area contributed by atoms with Crippen molar-refractivity contribution in [2.45, 2.75) is 0 Å². The molecule has 2 aromatic rings. The van der Waals surface area contributed by atoms with Crippen LogP contribution in [0.5, 0.6) is 11.5 Å². The van der Waals surface area contributed by atoms with Crippen LogP contribution in [0, 0.1) is 10.1 Å². The SMILES string of the molecule is COc1ccc([N+](=O)[O-])cc1-n1cc(O)c(C(=O)O)n1. The van der Waals surface area contributed by atoms with Crippen LogP contribution in [0.25, 0.3) is 5.69 Å². The van der Waals surface area contributed by atoms with Crippen LogP contribution in [0.4, 0.5) is 5.69 Å². The first-order valence-corrected chi connectivity index (χ1v) is 5.28. The van der Waals surface area contributed by atoms with Crippen LogP contribution in [-0.4, -0.2) is 38.0 Å². The van der Waals surface area contributed by atoms with Gasteiger partial charge in [0.15, 0.2) is 5.75 Å². The Hall–Kier alpha value is -3.10. The van der Waals surface area contributed by atoms with Crippen molar-refractivity contribution in [3.63, 3.8) is 0 Å². The molecule has 1 heterocycles. The van der Waals surface area contributed by atoms with E-state index in [-0.39, 0.29) is 17.1 Å². The Morgan fingerprint density at radius 1 is 1.50 bits per heavy atom. The predicted molar refractivity (Wildman–Crippen MR) is 65.4 cm³/mol. The van der Waals surface area contributed by atoms with Crippen LogP contribution in [0.3, 0.4) is 0 Å². The second kappa shape index (κ2) is 4.88. The number of rotatable bonds is 4. The van der Waals surface area contributed by atoms with Gasteiger partial charge in [0.05, 0.1) is 18.2 Å². The highest BCUT2D eigenvalue weighted by Gasteiger charge is 2.19. The molecule has 0 amide bonds. The van der Waals surface area contributed by atoms with Crippen molar-refractivity contribution >= 4 is 11.7 Å². The van der Waals surface area contributed by atoms with Crippen LogP contribution >= 0.6 is 0 Å². The van der Waals surface area contributed by atoms with Crippen molar-refractivity contribution in [1.29, 1.82) is 0 Å². The summed E-state index contributed by atoms with van der Waals surface area (Å²) in [4.78, 5) is 21.0. The number of methoxy groups -OCH3 is 1. The molecule has 1 aromatic carbocycles. The first-order valence-electron chi connectivity index (χ1n) is 5.28. The number of carboxylic acid groups (broad SMARTS) is 1. The number of non-ortho nitro benzene ring substituents is 1. The van der Waals surface area contributed by atoms with Crippen LogP contribution < -0.4 is 4.74 Å². The van der Waals surface area contributed by atoms with Crippen LogP contribution in [0.15, 0.2) is 24.4 Å². The summed E-state index contributed by atoms with van der Waals surface area (Å²) in [5.41, 5.74) is -0.629. The van der Waals surface area contributed by atoms with Crippen molar-refractivity contribution in [3.8, 4) is 17.2 Å². The van der Waals surface area contributed by atoms with Crippen molar-refractivity contribution in [2.24, 2.45) is 0 Å². The summed E-state index contributed by atoms with van der Waals surface area (Å²) in [5, 5.41) is 32.7. The minimum Gasteiger partial charge on any atom is -0.504 e. The average Bonchev–Trinajstić information content (AvgIpc) is 2.80. The molecule has 104 valence electrons. The van der Waals surface area contributed by atoms with Crippen LogP contribution in [0.1, 0.15) is 10.5 Å². The van der Waals surface area contributed by atoms with E-state index in [1.807, 2.05) is 0 Å². The highest BCUT2D eigenvalue weighted by molar-refractivity contribution is 5.88. The lowest BCUT2D eigenvalue weighted by Gasteiger charge is -2.07. The Morgan fingerprint density at radius 3 is 2.70 bits per heavy atom. The molecule has 9 nitrogen and oxygen atoms in total. The fraction of sp³-hybridized carbons (Fsp3) is 0.0909.